The summed E-state index contributed by atoms with van der Waals surface area (Å²) in [6, 6.07) is 6.14. The van der Waals surface area contributed by atoms with Gasteiger partial charge in [0.1, 0.15) is 0 Å². The first-order chi connectivity index (χ1) is 7.77. The fraction of sp³-hybridized carbons (Fsp3) is 0.154. The lowest BCUT2D eigenvalue weighted by atomic mass is 10.1. The van der Waals surface area contributed by atoms with Gasteiger partial charge in [-0.2, -0.15) is 0 Å². The largest absolute Gasteiger partial charge is 0.261 e. The molecule has 0 unspecified atom stereocenters. The molecule has 0 radical (unpaired) electrons. The van der Waals surface area contributed by atoms with Gasteiger partial charge in [-0.3, -0.25) is 15.0 Å². The number of aliphatic imine (C=N–C) groups is 1. The van der Waals surface area contributed by atoms with E-state index in [-0.39, 0.29) is 0 Å². The Hall–Kier alpha value is -2.03. The van der Waals surface area contributed by atoms with E-state index < -0.39 is 0 Å². The quantitative estimate of drug-likeness (QED) is 0.716. The molecule has 0 aliphatic carbocycles. The maximum Gasteiger partial charge on any atom is 0.0995 e. The highest BCUT2D eigenvalue weighted by molar-refractivity contribution is 5.80. The minimum Gasteiger partial charge on any atom is -0.261 e. The SMILES string of the molecule is Cc1cccc(C)c1/N=C/c1cnccn1. The van der Waals surface area contributed by atoms with Crippen LogP contribution in [0.15, 0.2) is 41.8 Å². The van der Waals surface area contributed by atoms with Gasteiger partial charge in [0.15, 0.2) is 0 Å². The zero-order chi connectivity index (χ0) is 11.4. The molecule has 0 atom stereocenters. The van der Waals surface area contributed by atoms with E-state index in [1.165, 1.54) is 11.1 Å². The summed E-state index contributed by atoms with van der Waals surface area (Å²) in [7, 11) is 0. The average Bonchev–Trinajstić information content (AvgIpc) is 2.30. The highest BCUT2D eigenvalue weighted by Gasteiger charge is 1.98. The molecule has 0 saturated heterocycles. The molecule has 1 aromatic carbocycles. The molecule has 80 valence electrons. The van der Waals surface area contributed by atoms with Gasteiger partial charge in [0.25, 0.3) is 0 Å². The standard InChI is InChI=1S/C13H13N3/c1-10-4-3-5-11(2)13(10)16-9-12-8-14-6-7-15-12/h3-9H,1-2H3/b16-9+. The Morgan fingerprint density at radius 1 is 1.12 bits per heavy atom. The van der Waals surface area contributed by atoms with Crippen LogP contribution in [0.4, 0.5) is 5.69 Å². The van der Waals surface area contributed by atoms with Crippen molar-refractivity contribution in [2.24, 2.45) is 4.99 Å². The summed E-state index contributed by atoms with van der Waals surface area (Å²) in [6.45, 7) is 4.10. The number of rotatable bonds is 2. The van der Waals surface area contributed by atoms with E-state index in [4.69, 9.17) is 0 Å². The molecular weight excluding hydrogens is 198 g/mol. The summed E-state index contributed by atoms with van der Waals surface area (Å²) in [4.78, 5) is 12.6. The lowest BCUT2D eigenvalue weighted by Crippen LogP contribution is -1.88. The van der Waals surface area contributed by atoms with Crippen LogP contribution in [0.3, 0.4) is 0 Å². The third kappa shape index (κ3) is 2.31. The maximum absolute atomic E-state index is 4.45. The van der Waals surface area contributed by atoms with E-state index in [2.05, 4.69) is 40.9 Å². The molecule has 0 bridgehead atoms. The summed E-state index contributed by atoms with van der Waals surface area (Å²) in [5, 5.41) is 0. The molecule has 2 rings (SSSR count). The summed E-state index contributed by atoms with van der Waals surface area (Å²) in [6.07, 6.45) is 6.74. The summed E-state index contributed by atoms with van der Waals surface area (Å²) >= 11 is 0. The summed E-state index contributed by atoms with van der Waals surface area (Å²) in [5.74, 6) is 0. The van der Waals surface area contributed by atoms with Gasteiger partial charge in [0.05, 0.1) is 23.8 Å². The predicted octanol–water partition coefficient (Wildman–Crippen LogP) is 2.84. The fourth-order valence-electron chi connectivity index (χ4n) is 1.52. The minimum absolute atomic E-state index is 0.769. The molecule has 1 heterocycles. The Kier molecular flexibility index (Phi) is 3.05. The van der Waals surface area contributed by atoms with Crippen molar-refractivity contribution in [1.82, 2.24) is 9.97 Å². The van der Waals surface area contributed by atoms with Gasteiger partial charge in [0, 0.05) is 12.4 Å². The first-order valence-corrected chi connectivity index (χ1v) is 5.13. The molecule has 1 aromatic heterocycles. The molecule has 16 heavy (non-hydrogen) atoms. The Bertz CT molecular complexity index is 484. The third-order valence-corrected chi connectivity index (χ3v) is 2.35. The number of aromatic nitrogens is 2. The van der Waals surface area contributed by atoms with Gasteiger partial charge in [0.2, 0.25) is 0 Å². The summed E-state index contributed by atoms with van der Waals surface area (Å²) < 4.78 is 0. The van der Waals surface area contributed by atoms with Gasteiger partial charge in [-0.25, -0.2) is 0 Å². The van der Waals surface area contributed by atoms with Crippen molar-refractivity contribution in [2.45, 2.75) is 13.8 Å². The van der Waals surface area contributed by atoms with Crippen LogP contribution in [0.5, 0.6) is 0 Å². The molecule has 0 spiro atoms. The second-order valence-corrected chi connectivity index (χ2v) is 3.63. The van der Waals surface area contributed by atoms with Gasteiger partial charge >= 0.3 is 0 Å². The zero-order valence-corrected chi connectivity index (χ0v) is 9.38. The highest BCUT2D eigenvalue weighted by atomic mass is 14.8. The van der Waals surface area contributed by atoms with Gasteiger partial charge in [-0.05, 0) is 25.0 Å². The van der Waals surface area contributed by atoms with Crippen molar-refractivity contribution in [3.05, 3.63) is 53.6 Å². The number of hydrogen-bond donors (Lipinski definition) is 0. The van der Waals surface area contributed by atoms with Crippen molar-refractivity contribution in [2.75, 3.05) is 0 Å². The van der Waals surface area contributed by atoms with Crippen LogP contribution < -0.4 is 0 Å². The van der Waals surface area contributed by atoms with Crippen LogP contribution in [-0.4, -0.2) is 16.2 Å². The first-order valence-electron chi connectivity index (χ1n) is 5.13. The number of benzene rings is 1. The molecule has 2 aromatic rings. The number of aryl methyl sites for hydroxylation is 2. The molecule has 0 fully saturated rings. The number of hydrogen-bond acceptors (Lipinski definition) is 3. The molecule has 3 heteroatoms. The van der Waals surface area contributed by atoms with Gasteiger partial charge in [-0.15, -0.1) is 0 Å². The third-order valence-electron chi connectivity index (χ3n) is 2.35. The number of nitrogens with zero attached hydrogens (tertiary/aromatic N) is 3. The van der Waals surface area contributed by atoms with Crippen LogP contribution in [-0.2, 0) is 0 Å². The Balaban J connectivity index is 2.31. The topological polar surface area (TPSA) is 38.1 Å². The van der Waals surface area contributed by atoms with Gasteiger partial charge < -0.3 is 0 Å². The van der Waals surface area contributed by atoms with E-state index >= 15 is 0 Å². The number of para-hydroxylation sites is 1. The average molecular weight is 211 g/mol. The lowest BCUT2D eigenvalue weighted by molar-refractivity contribution is 1.18. The molecular formula is C13H13N3. The van der Waals surface area contributed by atoms with E-state index in [0.29, 0.717) is 0 Å². The second kappa shape index (κ2) is 4.66. The van der Waals surface area contributed by atoms with Crippen LogP contribution in [0.2, 0.25) is 0 Å². The fourth-order valence-corrected chi connectivity index (χ4v) is 1.52. The minimum atomic E-state index is 0.769. The zero-order valence-electron chi connectivity index (χ0n) is 9.38. The van der Waals surface area contributed by atoms with E-state index in [9.17, 15) is 0 Å². The second-order valence-electron chi connectivity index (χ2n) is 3.63. The van der Waals surface area contributed by atoms with Crippen LogP contribution in [0, 0.1) is 13.8 Å². The molecule has 0 saturated carbocycles. The normalized spacial score (nSPS) is 10.9. The summed E-state index contributed by atoms with van der Waals surface area (Å²) in [5.41, 5.74) is 4.11. The molecule has 0 amide bonds. The van der Waals surface area contributed by atoms with Gasteiger partial charge in [-0.1, -0.05) is 18.2 Å². The van der Waals surface area contributed by atoms with E-state index in [1.54, 1.807) is 24.8 Å². The Morgan fingerprint density at radius 3 is 2.50 bits per heavy atom. The molecule has 0 aliphatic heterocycles. The monoisotopic (exact) mass is 211 g/mol. The van der Waals surface area contributed by atoms with Crippen molar-refractivity contribution < 1.29 is 0 Å². The van der Waals surface area contributed by atoms with E-state index in [1.807, 2.05) is 6.07 Å². The van der Waals surface area contributed by atoms with Crippen LogP contribution in [0.25, 0.3) is 0 Å². The maximum atomic E-state index is 4.45. The first kappa shape index (κ1) is 10.5. The predicted molar refractivity (Wildman–Crippen MR) is 65.2 cm³/mol. The molecule has 0 N–H and O–H groups in total. The Morgan fingerprint density at radius 2 is 1.88 bits per heavy atom. The van der Waals surface area contributed by atoms with Crippen molar-refractivity contribution >= 4 is 11.9 Å². The van der Waals surface area contributed by atoms with Crippen LogP contribution >= 0.6 is 0 Å². The smallest absolute Gasteiger partial charge is 0.0995 e. The highest BCUT2D eigenvalue weighted by Crippen LogP contribution is 2.22. The van der Waals surface area contributed by atoms with Crippen LogP contribution in [0.1, 0.15) is 16.8 Å². The molecule has 3 nitrogen and oxygen atoms in total. The van der Waals surface area contributed by atoms with Crippen molar-refractivity contribution in [3.63, 3.8) is 0 Å². The van der Waals surface area contributed by atoms with Crippen molar-refractivity contribution in [1.29, 1.82) is 0 Å². The lowest BCUT2D eigenvalue weighted by Gasteiger charge is -2.02. The van der Waals surface area contributed by atoms with Crippen molar-refractivity contribution in [3.8, 4) is 0 Å². The Labute approximate surface area is 94.9 Å². The van der Waals surface area contributed by atoms with E-state index in [0.717, 1.165) is 11.4 Å². The molecule has 0 aliphatic rings.